The van der Waals surface area contributed by atoms with Gasteiger partial charge in [0.2, 0.25) is 0 Å². The van der Waals surface area contributed by atoms with Crippen LogP contribution in [0, 0.1) is 0 Å². The first kappa shape index (κ1) is 16.7. The van der Waals surface area contributed by atoms with E-state index in [1.54, 1.807) is 27.7 Å². The summed E-state index contributed by atoms with van der Waals surface area (Å²) < 4.78 is 9.61. The van der Waals surface area contributed by atoms with E-state index in [2.05, 4.69) is 19.9 Å². The minimum Gasteiger partial charge on any atom is -0.461 e. The Morgan fingerprint density at radius 2 is 2.00 bits per heavy atom. The molecule has 0 atom stereocenters. The van der Waals surface area contributed by atoms with Gasteiger partial charge in [0.1, 0.15) is 5.60 Å². The van der Waals surface area contributed by atoms with Gasteiger partial charge >= 0.3 is 12.1 Å². The first-order valence-corrected chi connectivity index (χ1v) is 5.53. The van der Waals surface area contributed by atoms with Crippen molar-refractivity contribution in [3.8, 4) is 0 Å². The van der Waals surface area contributed by atoms with E-state index in [-0.39, 0.29) is 18.9 Å². The number of amides is 1. The molecule has 0 saturated carbocycles. The molecule has 106 valence electrons. The fourth-order valence-corrected chi connectivity index (χ4v) is 0.873. The van der Waals surface area contributed by atoms with Crippen LogP contribution in [-0.2, 0) is 14.3 Å². The van der Waals surface area contributed by atoms with Crippen LogP contribution in [0.15, 0.2) is 10.2 Å². The number of esters is 1. The van der Waals surface area contributed by atoms with E-state index < -0.39 is 17.7 Å². The SMILES string of the molecule is CCOC(=O)/C(CN=[N+]=[N-])=N/NC(=O)OC(C)(C)C. The van der Waals surface area contributed by atoms with Crippen molar-refractivity contribution in [1.82, 2.24) is 5.43 Å². The Labute approximate surface area is 110 Å². The van der Waals surface area contributed by atoms with Crippen molar-refractivity contribution in [2.24, 2.45) is 10.2 Å². The first-order valence-electron chi connectivity index (χ1n) is 5.53. The molecule has 0 fully saturated rings. The van der Waals surface area contributed by atoms with Gasteiger partial charge in [0.15, 0.2) is 5.71 Å². The summed E-state index contributed by atoms with van der Waals surface area (Å²) in [6, 6.07) is 0. The van der Waals surface area contributed by atoms with Crippen LogP contribution in [0.5, 0.6) is 0 Å². The Bertz CT molecular complexity index is 407. The van der Waals surface area contributed by atoms with Crippen LogP contribution in [0.4, 0.5) is 4.79 Å². The van der Waals surface area contributed by atoms with Gasteiger partial charge in [0.25, 0.3) is 0 Å². The molecule has 0 aromatic rings. The van der Waals surface area contributed by atoms with E-state index in [1.807, 2.05) is 5.43 Å². The zero-order chi connectivity index (χ0) is 14.9. The third-order valence-electron chi connectivity index (χ3n) is 1.48. The number of rotatable bonds is 5. The number of ether oxygens (including phenoxy) is 2. The third-order valence-corrected chi connectivity index (χ3v) is 1.48. The van der Waals surface area contributed by atoms with Gasteiger partial charge in [-0.1, -0.05) is 5.11 Å². The number of azide groups is 1. The lowest BCUT2D eigenvalue weighted by Crippen LogP contribution is -2.32. The predicted octanol–water partition coefficient (Wildman–Crippen LogP) is 1.74. The van der Waals surface area contributed by atoms with Gasteiger partial charge < -0.3 is 9.47 Å². The van der Waals surface area contributed by atoms with Crippen LogP contribution in [0.2, 0.25) is 0 Å². The van der Waals surface area contributed by atoms with Gasteiger partial charge in [-0.25, -0.2) is 15.0 Å². The lowest BCUT2D eigenvalue weighted by molar-refractivity contribution is -0.135. The summed E-state index contributed by atoms with van der Waals surface area (Å²) in [7, 11) is 0. The summed E-state index contributed by atoms with van der Waals surface area (Å²) in [5.74, 6) is -0.772. The maximum atomic E-state index is 11.4. The fourth-order valence-electron chi connectivity index (χ4n) is 0.873. The van der Waals surface area contributed by atoms with Crippen LogP contribution in [-0.4, -0.2) is 36.5 Å². The average Bonchev–Trinajstić information content (AvgIpc) is 2.27. The minimum absolute atomic E-state index is 0.139. The molecule has 0 bridgehead atoms. The highest BCUT2D eigenvalue weighted by molar-refractivity contribution is 6.37. The summed E-state index contributed by atoms with van der Waals surface area (Å²) in [4.78, 5) is 25.2. The van der Waals surface area contributed by atoms with E-state index in [0.29, 0.717) is 0 Å². The third kappa shape index (κ3) is 8.44. The fraction of sp³-hybridized carbons (Fsp3) is 0.700. The molecule has 0 rings (SSSR count). The number of hydrazone groups is 1. The van der Waals surface area contributed by atoms with Crippen LogP contribution in [0.25, 0.3) is 10.4 Å². The maximum absolute atomic E-state index is 11.4. The number of carbonyl (C=O) groups excluding carboxylic acids is 2. The second-order valence-electron chi connectivity index (χ2n) is 4.28. The van der Waals surface area contributed by atoms with Crippen molar-refractivity contribution < 1.29 is 19.1 Å². The van der Waals surface area contributed by atoms with E-state index in [4.69, 9.17) is 10.3 Å². The highest BCUT2D eigenvalue weighted by Crippen LogP contribution is 2.06. The normalized spacial score (nSPS) is 11.3. The average molecular weight is 271 g/mol. The quantitative estimate of drug-likeness (QED) is 0.204. The zero-order valence-electron chi connectivity index (χ0n) is 11.3. The molecule has 0 aliphatic carbocycles. The maximum Gasteiger partial charge on any atom is 0.428 e. The van der Waals surface area contributed by atoms with Crippen LogP contribution in [0.3, 0.4) is 0 Å². The number of carbonyl (C=O) groups is 2. The molecular formula is C10H17N5O4. The van der Waals surface area contributed by atoms with Gasteiger partial charge in [-0.3, -0.25) is 0 Å². The number of nitrogens with zero attached hydrogens (tertiary/aromatic N) is 4. The molecular weight excluding hydrogens is 254 g/mol. The standard InChI is InChI=1S/C10H17N5O4/c1-5-18-8(16)7(6-12-15-11)13-14-9(17)19-10(2,3)4/h5-6H2,1-4H3,(H,14,17)/b13-7+. The van der Waals surface area contributed by atoms with Crippen molar-refractivity contribution in [3.63, 3.8) is 0 Å². The van der Waals surface area contributed by atoms with Gasteiger partial charge in [0.05, 0.1) is 13.2 Å². The molecule has 0 unspecified atom stereocenters. The molecule has 0 spiro atoms. The lowest BCUT2D eigenvalue weighted by atomic mass is 10.2. The van der Waals surface area contributed by atoms with Gasteiger partial charge in [-0.2, -0.15) is 5.10 Å². The Balaban J connectivity index is 4.67. The number of nitrogens with one attached hydrogen (secondary N) is 1. The molecule has 0 aromatic carbocycles. The molecule has 9 heteroatoms. The molecule has 0 aliphatic rings. The van der Waals surface area contributed by atoms with Crippen molar-refractivity contribution in [3.05, 3.63) is 10.4 Å². The largest absolute Gasteiger partial charge is 0.461 e. The summed E-state index contributed by atoms with van der Waals surface area (Å²) in [5.41, 5.74) is 9.32. The second-order valence-corrected chi connectivity index (χ2v) is 4.28. The van der Waals surface area contributed by atoms with Crippen LogP contribution < -0.4 is 5.43 Å². The van der Waals surface area contributed by atoms with Crippen molar-refractivity contribution >= 4 is 17.8 Å². The van der Waals surface area contributed by atoms with E-state index in [1.165, 1.54) is 0 Å². The smallest absolute Gasteiger partial charge is 0.428 e. The second kappa shape index (κ2) is 7.93. The van der Waals surface area contributed by atoms with Crippen LogP contribution in [0.1, 0.15) is 27.7 Å². The Morgan fingerprint density at radius 3 is 2.47 bits per heavy atom. The molecule has 0 heterocycles. The monoisotopic (exact) mass is 271 g/mol. The Hall–Kier alpha value is -2.28. The van der Waals surface area contributed by atoms with E-state index in [0.717, 1.165) is 0 Å². The molecule has 0 aliphatic heterocycles. The predicted molar refractivity (Wildman–Crippen MR) is 67.5 cm³/mol. The van der Waals surface area contributed by atoms with Crippen molar-refractivity contribution in [2.75, 3.05) is 13.2 Å². The van der Waals surface area contributed by atoms with Gasteiger partial charge in [-0.15, -0.1) is 0 Å². The van der Waals surface area contributed by atoms with Gasteiger partial charge in [0, 0.05) is 4.91 Å². The van der Waals surface area contributed by atoms with E-state index in [9.17, 15) is 9.59 Å². The lowest BCUT2D eigenvalue weighted by Gasteiger charge is -2.18. The minimum atomic E-state index is -0.824. The molecule has 1 N–H and O–H groups in total. The molecule has 1 amide bonds. The topological polar surface area (TPSA) is 126 Å². The highest BCUT2D eigenvalue weighted by Gasteiger charge is 2.17. The summed E-state index contributed by atoms with van der Waals surface area (Å²) in [5, 5.41) is 6.70. The van der Waals surface area contributed by atoms with Gasteiger partial charge in [-0.05, 0) is 33.2 Å². The van der Waals surface area contributed by atoms with E-state index >= 15 is 0 Å². The number of hydrogen-bond donors (Lipinski definition) is 1. The van der Waals surface area contributed by atoms with Crippen LogP contribution >= 0.6 is 0 Å². The van der Waals surface area contributed by atoms with Crippen molar-refractivity contribution in [1.29, 1.82) is 0 Å². The molecule has 9 nitrogen and oxygen atoms in total. The Kier molecular flexibility index (Phi) is 6.98. The molecule has 0 saturated heterocycles. The molecule has 0 aromatic heterocycles. The number of hydrogen-bond acceptors (Lipinski definition) is 6. The molecule has 0 radical (unpaired) electrons. The highest BCUT2D eigenvalue weighted by atomic mass is 16.6. The summed E-state index contributed by atoms with van der Waals surface area (Å²) >= 11 is 0. The first-order chi connectivity index (χ1) is 8.80. The zero-order valence-corrected chi connectivity index (χ0v) is 11.3. The Morgan fingerprint density at radius 1 is 1.37 bits per heavy atom. The summed E-state index contributed by atoms with van der Waals surface area (Å²) in [6.45, 7) is 6.48. The summed E-state index contributed by atoms with van der Waals surface area (Å²) in [6.07, 6.45) is -0.824. The molecule has 19 heavy (non-hydrogen) atoms. The van der Waals surface area contributed by atoms with Crippen molar-refractivity contribution in [2.45, 2.75) is 33.3 Å².